The van der Waals surface area contributed by atoms with Crippen molar-refractivity contribution in [2.45, 2.75) is 45.0 Å². The number of carbonyl (C=O) groups excluding carboxylic acids is 1. The molecule has 162 valence electrons. The van der Waals surface area contributed by atoms with Crippen molar-refractivity contribution in [3.63, 3.8) is 0 Å². The highest BCUT2D eigenvalue weighted by atomic mass is 16.5. The molecule has 0 saturated carbocycles. The molecule has 2 rings (SSSR count). The Labute approximate surface area is 176 Å². The third kappa shape index (κ3) is 6.07. The monoisotopic (exact) mass is 415 g/mol. The van der Waals surface area contributed by atoms with Gasteiger partial charge in [0, 0.05) is 25.0 Å². The first-order valence-electron chi connectivity index (χ1n) is 10.1. The Bertz CT molecular complexity index is 807. The molecule has 1 aromatic carbocycles. The number of amides is 1. The van der Waals surface area contributed by atoms with Gasteiger partial charge in [0.2, 0.25) is 0 Å². The Kier molecular flexibility index (Phi) is 8.87. The second-order valence-electron chi connectivity index (χ2n) is 7.08. The standard InChI is InChI=1S/C22H29N3O5/c1-3-9-25(10-4-2)17-7-5-15(6-8-17)11-16(12-23)22(29)24-13-19-21(28)20(27)18(26)14-30-19/h5-8,11,13,18,20-21,26-28H,3-4,9-10,14H2,1-2H3,(H,24,29)/b16-11+,19-13+/t18-,20+,21+/m0/s1. The van der Waals surface area contributed by atoms with E-state index in [0.29, 0.717) is 5.56 Å². The smallest absolute Gasteiger partial charge is 0.265 e. The maximum absolute atomic E-state index is 12.3. The van der Waals surface area contributed by atoms with Crippen LogP contribution in [0.3, 0.4) is 0 Å². The van der Waals surface area contributed by atoms with Crippen LogP contribution >= 0.6 is 0 Å². The molecule has 1 aliphatic heterocycles. The summed E-state index contributed by atoms with van der Waals surface area (Å²) in [5.74, 6) is -0.765. The van der Waals surface area contributed by atoms with Crippen LogP contribution in [0.1, 0.15) is 32.3 Å². The molecule has 0 aromatic heterocycles. The van der Waals surface area contributed by atoms with Gasteiger partial charge in [-0.3, -0.25) is 4.79 Å². The molecule has 0 spiro atoms. The number of aliphatic hydroxyl groups is 3. The fourth-order valence-corrected chi connectivity index (χ4v) is 3.09. The first-order valence-corrected chi connectivity index (χ1v) is 10.1. The topological polar surface area (TPSA) is 126 Å². The van der Waals surface area contributed by atoms with Gasteiger partial charge in [-0.1, -0.05) is 26.0 Å². The quantitative estimate of drug-likeness (QED) is 0.372. The van der Waals surface area contributed by atoms with Crippen LogP contribution < -0.4 is 10.2 Å². The maximum atomic E-state index is 12.3. The number of rotatable bonds is 8. The normalized spacial score (nSPS) is 22.9. The minimum atomic E-state index is -1.47. The summed E-state index contributed by atoms with van der Waals surface area (Å²) >= 11 is 0. The van der Waals surface area contributed by atoms with Gasteiger partial charge >= 0.3 is 0 Å². The van der Waals surface area contributed by atoms with E-state index in [9.17, 15) is 25.4 Å². The van der Waals surface area contributed by atoms with Crippen LogP contribution in [-0.2, 0) is 9.53 Å². The van der Waals surface area contributed by atoms with Crippen LogP contribution in [0.2, 0.25) is 0 Å². The Morgan fingerprint density at radius 3 is 2.43 bits per heavy atom. The molecule has 0 aliphatic carbocycles. The average Bonchev–Trinajstić information content (AvgIpc) is 2.75. The zero-order chi connectivity index (χ0) is 22.1. The van der Waals surface area contributed by atoms with Crippen LogP contribution in [0.15, 0.2) is 41.8 Å². The van der Waals surface area contributed by atoms with E-state index in [1.54, 1.807) is 0 Å². The van der Waals surface area contributed by atoms with Gasteiger partial charge in [-0.25, -0.2) is 0 Å². The molecule has 8 nitrogen and oxygen atoms in total. The summed E-state index contributed by atoms with van der Waals surface area (Å²) in [6, 6.07) is 9.49. The Hall–Kier alpha value is -2.86. The molecular weight excluding hydrogens is 386 g/mol. The van der Waals surface area contributed by atoms with Crippen LogP contribution in [0, 0.1) is 11.3 Å². The molecular formula is C22H29N3O5. The fraction of sp³-hybridized carbons (Fsp3) is 0.455. The predicted octanol–water partition coefficient (Wildman–Crippen LogP) is 1.29. The van der Waals surface area contributed by atoms with E-state index in [-0.39, 0.29) is 17.9 Å². The summed E-state index contributed by atoms with van der Waals surface area (Å²) in [5, 5.41) is 40.7. The third-order valence-electron chi connectivity index (χ3n) is 4.70. The Morgan fingerprint density at radius 2 is 1.87 bits per heavy atom. The number of benzene rings is 1. The van der Waals surface area contributed by atoms with Crippen molar-refractivity contribution < 1.29 is 24.9 Å². The van der Waals surface area contributed by atoms with E-state index in [1.807, 2.05) is 30.3 Å². The number of nitrogens with zero attached hydrogens (tertiary/aromatic N) is 2. The van der Waals surface area contributed by atoms with E-state index in [0.717, 1.165) is 37.8 Å². The van der Waals surface area contributed by atoms with E-state index >= 15 is 0 Å². The highest BCUT2D eigenvalue weighted by molar-refractivity contribution is 6.02. The lowest BCUT2D eigenvalue weighted by Crippen LogP contribution is -2.46. The lowest BCUT2D eigenvalue weighted by atomic mass is 10.0. The lowest BCUT2D eigenvalue weighted by Gasteiger charge is -2.30. The number of aliphatic hydroxyl groups excluding tert-OH is 3. The summed E-state index contributed by atoms with van der Waals surface area (Å²) in [6.45, 7) is 5.98. The number of anilines is 1. The van der Waals surface area contributed by atoms with Crippen LogP contribution in [0.25, 0.3) is 6.08 Å². The third-order valence-corrected chi connectivity index (χ3v) is 4.70. The van der Waals surface area contributed by atoms with Gasteiger partial charge in [0.05, 0.1) is 0 Å². The van der Waals surface area contributed by atoms with Crippen molar-refractivity contribution in [1.82, 2.24) is 5.32 Å². The second-order valence-corrected chi connectivity index (χ2v) is 7.08. The van der Waals surface area contributed by atoms with Crippen molar-refractivity contribution in [2.24, 2.45) is 0 Å². The molecule has 1 amide bonds. The summed E-state index contributed by atoms with van der Waals surface area (Å²) in [5.41, 5.74) is 1.68. The van der Waals surface area contributed by atoms with Crippen molar-refractivity contribution in [3.05, 3.63) is 47.4 Å². The van der Waals surface area contributed by atoms with Crippen LogP contribution in [0.4, 0.5) is 5.69 Å². The first-order chi connectivity index (χ1) is 14.4. The first kappa shape index (κ1) is 23.4. The van der Waals surface area contributed by atoms with Crippen molar-refractivity contribution in [3.8, 4) is 6.07 Å². The van der Waals surface area contributed by atoms with Crippen LogP contribution in [-0.4, -0.2) is 59.2 Å². The van der Waals surface area contributed by atoms with Gasteiger partial charge in [-0.05, 0) is 36.6 Å². The summed E-state index contributed by atoms with van der Waals surface area (Å²) < 4.78 is 5.11. The van der Waals surface area contributed by atoms with Crippen molar-refractivity contribution in [2.75, 3.05) is 24.6 Å². The molecule has 1 fully saturated rings. The van der Waals surface area contributed by atoms with Crippen molar-refractivity contribution >= 4 is 17.7 Å². The molecule has 0 unspecified atom stereocenters. The molecule has 1 aliphatic rings. The zero-order valence-electron chi connectivity index (χ0n) is 17.3. The lowest BCUT2D eigenvalue weighted by molar-refractivity contribution is -0.121. The van der Waals surface area contributed by atoms with Gasteiger partial charge in [0.15, 0.2) is 0 Å². The number of hydrogen-bond acceptors (Lipinski definition) is 7. The molecule has 1 saturated heterocycles. The second kappa shape index (κ2) is 11.4. The largest absolute Gasteiger partial charge is 0.491 e. The molecule has 30 heavy (non-hydrogen) atoms. The Balaban J connectivity index is 2.08. The summed E-state index contributed by atoms with van der Waals surface area (Å²) in [6.07, 6.45) is 0.559. The van der Waals surface area contributed by atoms with Crippen molar-refractivity contribution in [1.29, 1.82) is 5.26 Å². The van der Waals surface area contributed by atoms with Crippen LogP contribution in [0.5, 0.6) is 0 Å². The highest BCUT2D eigenvalue weighted by Crippen LogP contribution is 2.19. The SMILES string of the molecule is CCCN(CCC)c1ccc(/C=C(\C#N)C(=O)N/C=C2/OC[C@H](O)[C@@H](O)[C@@H]2O)cc1. The van der Waals surface area contributed by atoms with E-state index in [1.165, 1.54) is 6.08 Å². The molecule has 8 heteroatoms. The van der Waals surface area contributed by atoms with Gasteiger partial charge in [-0.15, -0.1) is 0 Å². The van der Waals surface area contributed by atoms with E-state index in [4.69, 9.17) is 4.74 Å². The van der Waals surface area contributed by atoms with Gasteiger partial charge < -0.3 is 30.3 Å². The molecule has 0 radical (unpaired) electrons. The van der Waals surface area contributed by atoms with E-state index < -0.39 is 24.2 Å². The molecule has 3 atom stereocenters. The maximum Gasteiger partial charge on any atom is 0.265 e. The Morgan fingerprint density at radius 1 is 1.23 bits per heavy atom. The van der Waals surface area contributed by atoms with Gasteiger partial charge in [0.25, 0.3) is 5.91 Å². The molecule has 0 bridgehead atoms. The number of hydrogen-bond donors (Lipinski definition) is 4. The number of nitriles is 1. The van der Waals surface area contributed by atoms with Gasteiger partial charge in [0.1, 0.15) is 42.3 Å². The predicted molar refractivity (Wildman–Crippen MR) is 113 cm³/mol. The highest BCUT2D eigenvalue weighted by Gasteiger charge is 2.34. The fourth-order valence-electron chi connectivity index (χ4n) is 3.09. The number of ether oxygens (including phenoxy) is 1. The molecule has 1 heterocycles. The molecule has 4 N–H and O–H groups in total. The average molecular weight is 415 g/mol. The molecule has 1 aromatic rings. The summed E-state index contributed by atoms with van der Waals surface area (Å²) in [7, 11) is 0. The number of nitrogens with one attached hydrogen (secondary N) is 1. The van der Waals surface area contributed by atoms with Gasteiger partial charge in [-0.2, -0.15) is 5.26 Å². The summed E-state index contributed by atoms with van der Waals surface area (Å²) in [4.78, 5) is 14.6. The minimum Gasteiger partial charge on any atom is -0.491 e. The zero-order valence-corrected chi connectivity index (χ0v) is 17.3. The minimum absolute atomic E-state index is 0.0882. The van der Waals surface area contributed by atoms with E-state index in [2.05, 4.69) is 24.1 Å². The number of carbonyl (C=O) groups is 1.